The third-order valence-corrected chi connectivity index (χ3v) is 4.58. The van der Waals surface area contributed by atoms with Gasteiger partial charge in [0.15, 0.2) is 0 Å². The molecule has 2 aromatic rings. The Labute approximate surface area is 159 Å². The first kappa shape index (κ1) is 18.8. The molecule has 1 heterocycles. The summed E-state index contributed by atoms with van der Waals surface area (Å²) >= 11 is 0. The Morgan fingerprint density at radius 1 is 0.889 bits per heavy atom. The van der Waals surface area contributed by atoms with Gasteiger partial charge in [-0.2, -0.15) is 0 Å². The number of ether oxygens (including phenoxy) is 1. The molecule has 0 bridgehead atoms. The molecule has 2 aromatic carbocycles. The lowest BCUT2D eigenvalue weighted by atomic mass is 10.2. The SMILES string of the molecule is CC(=O)N1CCN(C(=O)CCNc2ccc(Oc3ccccc3)cc2)CC1. The molecule has 1 N–H and O–H groups in total. The summed E-state index contributed by atoms with van der Waals surface area (Å²) in [5.74, 6) is 1.76. The molecule has 1 fully saturated rings. The van der Waals surface area contributed by atoms with E-state index in [9.17, 15) is 9.59 Å². The van der Waals surface area contributed by atoms with Crippen LogP contribution in [0.2, 0.25) is 0 Å². The predicted octanol–water partition coefficient (Wildman–Crippen LogP) is 2.97. The number of rotatable bonds is 6. The van der Waals surface area contributed by atoms with Crippen LogP contribution >= 0.6 is 0 Å². The van der Waals surface area contributed by atoms with Crippen LogP contribution in [0.25, 0.3) is 0 Å². The molecule has 6 heteroatoms. The highest BCUT2D eigenvalue weighted by atomic mass is 16.5. The fourth-order valence-electron chi connectivity index (χ4n) is 3.01. The van der Waals surface area contributed by atoms with Gasteiger partial charge in [-0.15, -0.1) is 0 Å². The number of anilines is 1. The molecule has 0 radical (unpaired) electrons. The van der Waals surface area contributed by atoms with Crippen molar-refractivity contribution in [1.29, 1.82) is 0 Å². The summed E-state index contributed by atoms with van der Waals surface area (Å²) in [6.45, 7) is 4.62. The van der Waals surface area contributed by atoms with Crippen molar-refractivity contribution >= 4 is 17.5 Å². The maximum absolute atomic E-state index is 12.3. The Morgan fingerprint density at radius 2 is 1.48 bits per heavy atom. The van der Waals surface area contributed by atoms with Gasteiger partial charge in [-0.3, -0.25) is 9.59 Å². The van der Waals surface area contributed by atoms with Gasteiger partial charge in [-0.1, -0.05) is 18.2 Å². The van der Waals surface area contributed by atoms with Crippen molar-refractivity contribution < 1.29 is 14.3 Å². The number of carbonyl (C=O) groups excluding carboxylic acids is 2. The fraction of sp³-hybridized carbons (Fsp3) is 0.333. The number of hydrogen-bond acceptors (Lipinski definition) is 4. The third-order valence-electron chi connectivity index (χ3n) is 4.58. The van der Waals surface area contributed by atoms with Gasteiger partial charge in [-0.25, -0.2) is 0 Å². The molecule has 0 atom stereocenters. The van der Waals surface area contributed by atoms with E-state index >= 15 is 0 Å². The molecule has 1 aliphatic rings. The molecule has 0 aliphatic carbocycles. The zero-order valence-electron chi connectivity index (χ0n) is 15.6. The van der Waals surface area contributed by atoms with Crippen LogP contribution in [0.1, 0.15) is 13.3 Å². The van der Waals surface area contributed by atoms with Crippen molar-refractivity contribution in [2.45, 2.75) is 13.3 Å². The molecule has 3 rings (SSSR count). The summed E-state index contributed by atoms with van der Waals surface area (Å²) in [5.41, 5.74) is 0.949. The molecule has 0 unspecified atom stereocenters. The van der Waals surface area contributed by atoms with Crippen molar-refractivity contribution in [3.63, 3.8) is 0 Å². The quantitative estimate of drug-likeness (QED) is 0.853. The van der Waals surface area contributed by atoms with Crippen LogP contribution in [0.3, 0.4) is 0 Å². The van der Waals surface area contributed by atoms with E-state index in [1.54, 1.807) is 11.8 Å². The van der Waals surface area contributed by atoms with Crippen LogP contribution in [-0.2, 0) is 9.59 Å². The molecule has 2 amide bonds. The van der Waals surface area contributed by atoms with Crippen LogP contribution in [0.4, 0.5) is 5.69 Å². The Bertz CT molecular complexity index is 754. The molecular formula is C21H25N3O3. The molecule has 6 nitrogen and oxygen atoms in total. The van der Waals surface area contributed by atoms with E-state index in [4.69, 9.17) is 4.74 Å². The van der Waals surface area contributed by atoms with E-state index in [1.165, 1.54) is 0 Å². The number of piperazine rings is 1. The van der Waals surface area contributed by atoms with Crippen LogP contribution in [-0.4, -0.2) is 54.3 Å². The largest absolute Gasteiger partial charge is 0.457 e. The second-order valence-electron chi connectivity index (χ2n) is 6.50. The molecule has 0 saturated carbocycles. The highest BCUT2D eigenvalue weighted by molar-refractivity contribution is 5.78. The first-order valence-electron chi connectivity index (χ1n) is 9.22. The van der Waals surface area contributed by atoms with E-state index in [-0.39, 0.29) is 11.8 Å². The third kappa shape index (κ3) is 5.48. The molecule has 0 spiro atoms. The second kappa shape index (κ2) is 9.07. The number of carbonyl (C=O) groups is 2. The highest BCUT2D eigenvalue weighted by Gasteiger charge is 2.21. The molecular weight excluding hydrogens is 342 g/mol. The van der Waals surface area contributed by atoms with Gasteiger partial charge in [0.2, 0.25) is 11.8 Å². The summed E-state index contributed by atoms with van der Waals surface area (Å²) in [4.78, 5) is 27.2. The summed E-state index contributed by atoms with van der Waals surface area (Å²) in [5, 5.41) is 3.27. The maximum Gasteiger partial charge on any atom is 0.224 e. The monoisotopic (exact) mass is 367 g/mol. The van der Waals surface area contributed by atoms with Gasteiger partial charge < -0.3 is 19.9 Å². The normalized spacial score (nSPS) is 14.0. The standard InChI is InChI=1S/C21H25N3O3/c1-17(25)23-13-15-24(16-14-23)21(26)11-12-22-18-7-9-20(10-8-18)27-19-5-3-2-4-6-19/h2-10,22H,11-16H2,1H3. The summed E-state index contributed by atoms with van der Waals surface area (Å²) < 4.78 is 5.76. The Morgan fingerprint density at radius 3 is 2.11 bits per heavy atom. The zero-order valence-corrected chi connectivity index (χ0v) is 15.6. The lowest BCUT2D eigenvalue weighted by Gasteiger charge is -2.34. The number of para-hydroxylation sites is 1. The van der Waals surface area contributed by atoms with Crippen LogP contribution in [0.5, 0.6) is 11.5 Å². The summed E-state index contributed by atoms with van der Waals surface area (Å²) in [6.07, 6.45) is 0.433. The number of hydrogen-bond donors (Lipinski definition) is 1. The molecule has 1 saturated heterocycles. The van der Waals surface area contributed by atoms with Crippen molar-refractivity contribution in [2.24, 2.45) is 0 Å². The molecule has 142 valence electrons. The minimum Gasteiger partial charge on any atom is -0.457 e. The zero-order chi connectivity index (χ0) is 19.1. The second-order valence-corrected chi connectivity index (χ2v) is 6.50. The van der Waals surface area contributed by atoms with Gasteiger partial charge in [0, 0.05) is 51.8 Å². The highest BCUT2D eigenvalue weighted by Crippen LogP contribution is 2.22. The minimum absolute atomic E-state index is 0.0726. The van der Waals surface area contributed by atoms with Gasteiger partial charge in [0.25, 0.3) is 0 Å². The van der Waals surface area contributed by atoms with Gasteiger partial charge in [0.1, 0.15) is 11.5 Å². The molecule has 0 aromatic heterocycles. The Kier molecular flexibility index (Phi) is 6.30. The Hall–Kier alpha value is -3.02. The van der Waals surface area contributed by atoms with Crippen LogP contribution in [0.15, 0.2) is 54.6 Å². The summed E-state index contributed by atoms with van der Waals surface area (Å²) in [6, 6.07) is 17.3. The van der Waals surface area contributed by atoms with E-state index in [1.807, 2.05) is 59.5 Å². The number of amides is 2. The van der Waals surface area contributed by atoms with Crippen LogP contribution in [0, 0.1) is 0 Å². The van der Waals surface area contributed by atoms with Gasteiger partial charge >= 0.3 is 0 Å². The first-order chi connectivity index (χ1) is 13.1. The average Bonchev–Trinajstić information content (AvgIpc) is 2.70. The first-order valence-corrected chi connectivity index (χ1v) is 9.22. The van der Waals surface area contributed by atoms with Crippen molar-refractivity contribution in [3.05, 3.63) is 54.6 Å². The number of nitrogens with one attached hydrogen (secondary N) is 1. The van der Waals surface area contributed by atoms with Crippen molar-refractivity contribution in [2.75, 3.05) is 38.0 Å². The molecule has 27 heavy (non-hydrogen) atoms. The van der Waals surface area contributed by atoms with Crippen LogP contribution < -0.4 is 10.1 Å². The average molecular weight is 367 g/mol. The van der Waals surface area contributed by atoms with E-state index in [0.717, 1.165) is 17.2 Å². The van der Waals surface area contributed by atoms with Crippen molar-refractivity contribution in [3.8, 4) is 11.5 Å². The lowest BCUT2D eigenvalue weighted by Crippen LogP contribution is -2.50. The topological polar surface area (TPSA) is 61.9 Å². The van der Waals surface area contributed by atoms with Crippen molar-refractivity contribution in [1.82, 2.24) is 9.80 Å². The van der Waals surface area contributed by atoms with E-state index in [0.29, 0.717) is 39.1 Å². The maximum atomic E-state index is 12.3. The van der Waals surface area contributed by atoms with E-state index < -0.39 is 0 Å². The Balaban J connectivity index is 1.40. The molecule has 1 aliphatic heterocycles. The number of benzene rings is 2. The number of nitrogens with zero attached hydrogens (tertiary/aromatic N) is 2. The van der Waals surface area contributed by atoms with E-state index in [2.05, 4.69) is 5.32 Å². The summed E-state index contributed by atoms with van der Waals surface area (Å²) in [7, 11) is 0. The predicted molar refractivity (Wildman–Crippen MR) is 105 cm³/mol. The lowest BCUT2D eigenvalue weighted by molar-refractivity contribution is -0.138. The minimum atomic E-state index is 0.0726. The fourth-order valence-corrected chi connectivity index (χ4v) is 3.01. The van der Waals surface area contributed by atoms with Gasteiger partial charge in [0.05, 0.1) is 0 Å². The van der Waals surface area contributed by atoms with Gasteiger partial charge in [-0.05, 0) is 36.4 Å². The smallest absolute Gasteiger partial charge is 0.224 e.